The van der Waals surface area contributed by atoms with Crippen LogP contribution in [0.15, 0.2) is 54.7 Å². The predicted molar refractivity (Wildman–Crippen MR) is 142 cm³/mol. The molecular weight excluding hydrogens is 488 g/mol. The summed E-state index contributed by atoms with van der Waals surface area (Å²) >= 11 is 0. The quantitative estimate of drug-likeness (QED) is 0.391. The second-order valence-electron chi connectivity index (χ2n) is 8.61. The molecule has 0 fully saturated rings. The summed E-state index contributed by atoms with van der Waals surface area (Å²) in [4.78, 5) is 37.4. The summed E-state index contributed by atoms with van der Waals surface area (Å²) in [5.41, 5.74) is 2.12. The lowest BCUT2D eigenvalue weighted by Crippen LogP contribution is -2.36. The minimum atomic E-state index is -0.653. The maximum atomic E-state index is 12.7. The van der Waals surface area contributed by atoms with Gasteiger partial charge in [-0.3, -0.25) is 4.79 Å². The van der Waals surface area contributed by atoms with Gasteiger partial charge in [-0.15, -0.1) is 0 Å². The fourth-order valence-corrected chi connectivity index (χ4v) is 3.79. The first-order valence-electron chi connectivity index (χ1n) is 12.5. The topological polar surface area (TPSA) is 118 Å². The van der Waals surface area contributed by atoms with Crippen molar-refractivity contribution in [1.82, 2.24) is 25.1 Å². The lowest BCUT2D eigenvalue weighted by molar-refractivity contribution is 0.0779. The van der Waals surface area contributed by atoms with Crippen molar-refractivity contribution < 1.29 is 23.8 Å². The molecule has 0 unspecified atom stereocenters. The van der Waals surface area contributed by atoms with Gasteiger partial charge in [-0.25, -0.2) is 9.78 Å². The number of benzene rings is 2. The minimum absolute atomic E-state index is 0.0397. The highest BCUT2D eigenvalue weighted by Gasteiger charge is 2.15. The lowest BCUT2D eigenvalue weighted by atomic mass is 10.2. The Morgan fingerprint density at radius 2 is 1.76 bits per heavy atom. The summed E-state index contributed by atoms with van der Waals surface area (Å²) in [5.74, 6) is 1.62. The van der Waals surface area contributed by atoms with Crippen LogP contribution in [0.3, 0.4) is 0 Å². The van der Waals surface area contributed by atoms with E-state index >= 15 is 0 Å². The fraction of sp³-hybridized carbons (Fsp3) is 0.333. The van der Waals surface area contributed by atoms with Crippen LogP contribution in [-0.2, 0) is 6.54 Å². The van der Waals surface area contributed by atoms with Crippen molar-refractivity contribution in [2.24, 2.45) is 0 Å². The molecule has 2 N–H and O–H groups in total. The Kier molecular flexibility index (Phi) is 8.94. The molecule has 2 amide bonds. The normalized spacial score (nSPS) is 11.8. The number of likely N-dealkylation sites (N-methyl/N-ethyl adjacent to an activating group) is 2. The Labute approximate surface area is 221 Å². The van der Waals surface area contributed by atoms with Gasteiger partial charge in [-0.1, -0.05) is 19.9 Å². The van der Waals surface area contributed by atoms with E-state index in [-0.39, 0.29) is 31.1 Å². The van der Waals surface area contributed by atoms with Gasteiger partial charge in [0.1, 0.15) is 0 Å². The van der Waals surface area contributed by atoms with Gasteiger partial charge in [0.25, 0.3) is 5.91 Å². The van der Waals surface area contributed by atoms with Crippen molar-refractivity contribution in [3.63, 3.8) is 0 Å². The van der Waals surface area contributed by atoms with Gasteiger partial charge in [0.05, 0.1) is 0 Å². The van der Waals surface area contributed by atoms with Gasteiger partial charge in [0, 0.05) is 50.2 Å². The summed E-state index contributed by atoms with van der Waals surface area (Å²) < 4.78 is 15.9. The van der Waals surface area contributed by atoms with E-state index in [1.165, 1.54) is 12.3 Å². The first-order chi connectivity index (χ1) is 18.4. The van der Waals surface area contributed by atoms with E-state index in [2.05, 4.69) is 39.3 Å². The van der Waals surface area contributed by atoms with Crippen molar-refractivity contribution in [1.29, 1.82) is 0 Å². The molecule has 0 saturated carbocycles. The van der Waals surface area contributed by atoms with Crippen LogP contribution in [0.25, 0.3) is 0 Å². The number of carbonyl (C=O) groups excluding carboxylic acids is 2. The van der Waals surface area contributed by atoms with Gasteiger partial charge < -0.3 is 34.6 Å². The highest BCUT2D eigenvalue weighted by molar-refractivity contribution is 5.94. The molecule has 1 aliphatic rings. The Morgan fingerprint density at radius 3 is 2.53 bits per heavy atom. The van der Waals surface area contributed by atoms with Gasteiger partial charge in [0.2, 0.25) is 18.6 Å². The molecule has 0 spiro atoms. The van der Waals surface area contributed by atoms with E-state index in [1.807, 2.05) is 13.1 Å². The number of anilines is 2. The average molecular weight is 521 g/mol. The van der Waals surface area contributed by atoms with Crippen LogP contribution in [0, 0.1) is 0 Å². The van der Waals surface area contributed by atoms with Gasteiger partial charge in [0.15, 0.2) is 11.5 Å². The number of ether oxygens (including phenoxy) is 3. The molecule has 200 valence electrons. The Hall–Kier alpha value is -4.38. The molecule has 0 aliphatic carbocycles. The molecule has 11 heteroatoms. The number of nitrogens with one attached hydrogen (secondary N) is 2. The van der Waals surface area contributed by atoms with E-state index in [1.54, 1.807) is 41.3 Å². The number of aromatic nitrogens is 2. The molecule has 3 aromatic rings. The number of fused-ring (bicyclic) bond motifs is 1. The molecule has 0 radical (unpaired) electrons. The van der Waals surface area contributed by atoms with E-state index < -0.39 is 6.09 Å². The number of amides is 2. The zero-order valence-electron chi connectivity index (χ0n) is 21.8. The second kappa shape index (κ2) is 12.7. The van der Waals surface area contributed by atoms with Crippen LogP contribution in [0.1, 0.15) is 29.8 Å². The summed E-state index contributed by atoms with van der Waals surface area (Å²) in [7, 11) is 1.81. The van der Waals surface area contributed by atoms with Gasteiger partial charge in [-0.2, -0.15) is 4.98 Å². The lowest BCUT2D eigenvalue weighted by Gasteiger charge is -2.23. The van der Waals surface area contributed by atoms with Gasteiger partial charge >= 0.3 is 6.09 Å². The molecule has 2 heterocycles. The van der Waals surface area contributed by atoms with Crippen LogP contribution < -0.4 is 24.8 Å². The van der Waals surface area contributed by atoms with Crippen LogP contribution in [0.2, 0.25) is 0 Å². The first kappa shape index (κ1) is 26.7. The summed E-state index contributed by atoms with van der Waals surface area (Å²) in [5, 5.41) is 5.74. The van der Waals surface area contributed by atoms with Gasteiger partial charge in [-0.05, 0) is 55.1 Å². The predicted octanol–water partition coefficient (Wildman–Crippen LogP) is 3.65. The molecule has 4 rings (SSSR count). The third-order valence-corrected chi connectivity index (χ3v) is 6.08. The number of hydrogen-bond acceptors (Lipinski definition) is 9. The van der Waals surface area contributed by atoms with Crippen LogP contribution in [0.4, 0.5) is 16.4 Å². The van der Waals surface area contributed by atoms with Crippen molar-refractivity contribution in [3.8, 4) is 17.4 Å². The Morgan fingerprint density at radius 1 is 1.00 bits per heavy atom. The molecule has 38 heavy (non-hydrogen) atoms. The molecule has 11 nitrogen and oxygen atoms in total. The van der Waals surface area contributed by atoms with Crippen molar-refractivity contribution in [2.45, 2.75) is 20.4 Å². The molecule has 1 aliphatic heterocycles. The summed E-state index contributed by atoms with van der Waals surface area (Å²) in [6, 6.07) is 14.0. The third-order valence-electron chi connectivity index (χ3n) is 6.08. The fourth-order valence-electron chi connectivity index (χ4n) is 3.79. The van der Waals surface area contributed by atoms with Crippen molar-refractivity contribution >= 4 is 23.6 Å². The first-order valence-corrected chi connectivity index (χ1v) is 12.5. The summed E-state index contributed by atoms with van der Waals surface area (Å²) in [6.45, 7) is 8.07. The zero-order valence-corrected chi connectivity index (χ0v) is 21.8. The smallest absolute Gasteiger partial charge is 0.414 e. The zero-order chi connectivity index (χ0) is 26.9. The molecule has 0 bridgehead atoms. The Balaban J connectivity index is 1.27. The maximum Gasteiger partial charge on any atom is 0.414 e. The minimum Gasteiger partial charge on any atom is -0.454 e. The molecule has 1 aromatic heterocycles. The highest BCUT2D eigenvalue weighted by Crippen LogP contribution is 2.32. The largest absolute Gasteiger partial charge is 0.454 e. The summed E-state index contributed by atoms with van der Waals surface area (Å²) in [6.07, 6.45) is 0.832. The highest BCUT2D eigenvalue weighted by atomic mass is 16.7. The second-order valence-corrected chi connectivity index (χ2v) is 8.61. The molecule has 0 atom stereocenters. The standard InChI is InChI=1S/C27H32N6O5/c1-4-33(5-2)15-14-32(3)25(34)20-7-9-21(10-8-20)30-26-28-13-12-24(31-26)38-27(35)29-17-19-6-11-22-23(16-19)37-18-36-22/h6-13,16H,4-5,14-15,17-18H2,1-3H3,(H,29,35)(H,28,30,31). The average Bonchev–Trinajstić information content (AvgIpc) is 3.41. The number of nitrogens with zero attached hydrogens (tertiary/aromatic N) is 4. The van der Waals surface area contributed by atoms with Crippen molar-refractivity contribution in [2.75, 3.05) is 45.3 Å². The molecule has 0 saturated heterocycles. The Bertz CT molecular complexity index is 1250. The van der Waals surface area contributed by atoms with E-state index in [0.29, 0.717) is 29.3 Å². The SMILES string of the molecule is CCN(CC)CCN(C)C(=O)c1ccc(Nc2nccc(OC(=O)NCc3ccc4c(c3)OCO4)n2)cc1. The number of hydrogen-bond donors (Lipinski definition) is 2. The van der Waals surface area contributed by atoms with Crippen LogP contribution in [-0.4, -0.2) is 71.8 Å². The van der Waals surface area contributed by atoms with E-state index in [4.69, 9.17) is 14.2 Å². The monoisotopic (exact) mass is 520 g/mol. The molecular formula is C27H32N6O5. The van der Waals surface area contributed by atoms with Crippen molar-refractivity contribution in [3.05, 3.63) is 65.9 Å². The number of rotatable bonds is 11. The van der Waals surface area contributed by atoms with E-state index in [9.17, 15) is 9.59 Å². The van der Waals surface area contributed by atoms with Crippen LogP contribution in [0.5, 0.6) is 17.4 Å². The van der Waals surface area contributed by atoms with Crippen LogP contribution >= 0.6 is 0 Å². The maximum absolute atomic E-state index is 12.7. The number of carbonyl (C=O) groups is 2. The van der Waals surface area contributed by atoms with E-state index in [0.717, 1.165) is 25.2 Å². The molecule has 2 aromatic carbocycles. The third kappa shape index (κ3) is 7.10.